The minimum atomic E-state index is -0.680. The number of hydrogen-bond acceptors (Lipinski definition) is 4. The molecule has 3 aromatic heterocycles. The van der Waals surface area contributed by atoms with Crippen LogP contribution in [0.15, 0.2) is 71.0 Å². The number of aryl methyl sites for hydroxylation is 2. The highest BCUT2D eigenvalue weighted by molar-refractivity contribution is 7.10. The second-order valence-corrected chi connectivity index (χ2v) is 8.49. The topological polar surface area (TPSA) is 33.1 Å². The minimum Gasteiger partial charge on any atom is -0.384 e. The molecule has 0 saturated heterocycles. The van der Waals surface area contributed by atoms with E-state index in [0.717, 1.165) is 40.1 Å². The molecule has 0 fully saturated rings. The number of benzene rings is 1. The van der Waals surface area contributed by atoms with Crippen molar-refractivity contribution in [1.82, 2.24) is 4.98 Å². The van der Waals surface area contributed by atoms with Crippen molar-refractivity contribution in [1.29, 1.82) is 0 Å². The van der Waals surface area contributed by atoms with E-state index in [1.807, 2.05) is 24.3 Å². The van der Waals surface area contributed by atoms with Gasteiger partial charge in [0.1, 0.15) is 6.10 Å². The molecule has 0 spiro atoms. The largest absolute Gasteiger partial charge is 0.384 e. The minimum absolute atomic E-state index is 0.680. The van der Waals surface area contributed by atoms with Crippen LogP contribution in [-0.4, -0.2) is 10.1 Å². The van der Waals surface area contributed by atoms with Crippen molar-refractivity contribution in [3.05, 3.63) is 97.6 Å². The molecule has 4 aromatic rings. The number of hydrogen-bond donors (Lipinski definition) is 1. The number of aromatic nitrogens is 1. The number of halogens is 1. The molecule has 0 bridgehead atoms. The van der Waals surface area contributed by atoms with Gasteiger partial charge in [-0.1, -0.05) is 29.8 Å². The highest BCUT2D eigenvalue weighted by atomic mass is 35.5. The van der Waals surface area contributed by atoms with Gasteiger partial charge >= 0.3 is 0 Å². The fourth-order valence-electron chi connectivity index (χ4n) is 3.16. The Labute approximate surface area is 171 Å². The fraction of sp³-hybridized carbons (Fsp3) is 0.136. The van der Waals surface area contributed by atoms with Crippen LogP contribution in [0.4, 0.5) is 0 Å². The van der Waals surface area contributed by atoms with Gasteiger partial charge in [0.25, 0.3) is 0 Å². The third-order valence-electron chi connectivity index (χ3n) is 4.57. The van der Waals surface area contributed by atoms with E-state index in [9.17, 15) is 5.11 Å². The monoisotopic (exact) mass is 411 g/mol. The zero-order valence-electron chi connectivity index (χ0n) is 14.5. The van der Waals surface area contributed by atoms with Crippen molar-refractivity contribution < 1.29 is 5.11 Å². The number of aliphatic hydroxyl groups excluding tert-OH is 1. The zero-order chi connectivity index (χ0) is 18.6. The van der Waals surface area contributed by atoms with Gasteiger partial charge < -0.3 is 5.11 Å². The molecule has 0 aliphatic carbocycles. The summed E-state index contributed by atoms with van der Waals surface area (Å²) in [5, 5.41) is 18.2. The Kier molecular flexibility index (Phi) is 5.69. The van der Waals surface area contributed by atoms with E-state index in [2.05, 4.69) is 39.3 Å². The zero-order valence-corrected chi connectivity index (χ0v) is 16.9. The predicted octanol–water partition coefficient (Wildman–Crippen LogP) is 6.39. The summed E-state index contributed by atoms with van der Waals surface area (Å²) in [6, 6.07) is 13.9. The number of nitrogens with zero attached hydrogens (tertiary/aromatic N) is 1. The lowest BCUT2D eigenvalue weighted by molar-refractivity contribution is 0.220. The summed E-state index contributed by atoms with van der Waals surface area (Å²) >= 11 is 9.38. The summed E-state index contributed by atoms with van der Waals surface area (Å²) in [4.78, 5) is 5.38. The summed E-state index contributed by atoms with van der Waals surface area (Å²) in [7, 11) is 0. The highest BCUT2D eigenvalue weighted by Crippen LogP contribution is 2.39. The molecule has 0 radical (unpaired) electrons. The molecule has 1 atom stereocenters. The van der Waals surface area contributed by atoms with Gasteiger partial charge in [0.2, 0.25) is 0 Å². The van der Waals surface area contributed by atoms with Crippen molar-refractivity contribution in [2.75, 3.05) is 0 Å². The lowest BCUT2D eigenvalue weighted by atomic mass is 9.95. The number of pyridine rings is 1. The van der Waals surface area contributed by atoms with Gasteiger partial charge in [0.05, 0.1) is 0 Å². The number of rotatable bonds is 6. The van der Waals surface area contributed by atoms with Crippen LogP contribution in [0.5, 0.6) is 0 Å². The highest BCUT2D eigenvalue weighted by Gasteiger charge is 2.22. The molecule has 1 unspecified atom stereocenters. The van der Waals surface area contributed by atoms with Crippen LogP contribution in [0.3, 0.4) is 0 Å². The van der Waals surface area contributed by atoms with Crippen LogP contribution >= 0.6 is 34.3 Å². The quantitative estimate of drug-likeness (QED) is 0.398. The van der Waals surface area contributed by atoms with Gasteiger partial charge in [-0.05, 0) is 69.9 Å². The number of thiophene rings is 2. The molecule has 4 rings (SSSR count). The Balaban J connectivity index is 1.67. The van der Waals surface area contributed by atoms with Crippen LogP contribution in [0.1, 0.15) is 27.7 Å². The summed E-state index contributed by atoms with van der Waals surface area (Å²) in [6.45, 7) is 0. The van der Waals surface area contributed by atoms with E-state index in [-0.39, 0.29) is 0 Å². The van der Waals surface area contributed by atoms with Crippen LogP contribution in [-0.2, 0) is 12.8 Å². The Bertz CT molecular complexity index is 995. The smallest absolute Gasteiger partial charge is 0.107 e. The normalized spacial score (nSPS) is 12.2. The Hall–Kier alpha value is -1.98. The lowest BCUT2D eigenvalue weighted by Gasteiger charge is -2.15. The van der Waals surface area contributed by atoms with Crippen molar-refractivity contribution >= 4 is 34.3 Å². The molecule has 27 heavy (non-hydrogen) atoms. The van der Waals surface area contributed by atoms with Crippen LogP contribution in [0, 0.1) is 0 Å². The average Bonchev–Trinajstić information content (AvgIpc) is 3.37. The van der Waals surface area contributed by atoms with Gasteiger partial charge in [0, 0.05) is 33.4 Å². The van der Waals surface area contributed by atoms with Crippen LogP contribution in [0.25, 0.3) is 11.1 Å². The third-order valence-corrected chi connectivity index (χ3v) is 6.57. The van der Waals surface area contributed by atoms with Crippen molar-refractivity contribution in [2.24, 2.45) is 0 Å². The molecule has 2 nitrogen and oxygen atoms in total. The molecule has 136 valence electrons. The average molecular weight is 412 g/mol. The Morgan fingerprint density at radius 2 is 1.89 bits per heavy atom. The van der Waals surface area contributed by atoms with Crippen LogP contribution in [0.2, 0.25) is 5.02 Å². The molecule has 0 saturated carbocycles. The Morgan fingerprint density at radius 1 is 1.04 bits per heavy atom. The maximum atomic E-state index is 11.1. The van der Waals surface area contributed by atoms with Gasteiger partial charge in [-0.15, -0.1) is 11.3 Å². The SMILES string of the molecule is OC(c1cccnc1)c1c(-c2ccsc2)csc1CCc1ccc(Cl)cc1. The number of aliphatic hydroxyl groups is 1. The molecule has 3 heterocycles. The first kappa shape index (κ1) is 18.4. The third kappa shape index (κ3) is 4.14. The molecule has 0 amide bonds. The van der Waals surface area contributed by atoms with Gasteiger partial charge in [0.15, 0.2) is 0 Å². The first-order valence-electron chi connectivity index (χ1n) is 8.67. The summed E-state index contributed by atoms with van der Waals surface area (Å²) in [5.41, 5.74) is 5.34. The van der Waals surface area contributed by atoms with Crippen molar-refractivity contribution in [3.8, 4) is 11.1 Å². The first-order valence-corrected chi connectivity index (χ1v) is 10.9. The van der Waals surface area contributed by atoms with Gasteiger partial charge in [-0.3, -0.25) is 4.98 Å². The second-order valence-electron chi connectivity index (χ2n) is 6.31. The van der Waals surface area contributed by atoms with Gasteiger partial charge in [-0.25, -0.2) is 0 Å². The summed E-state index contributed by atoms with van der Waals surface area (Å²) < 4.78 is 0. The summed E-state index contributed by atoms with van der Waals surface area (Å²) in [6.07, 6.45) is 4.57. The van der Waals surface area contributed by atoms with E-state index in [0.29, 0.717) is 0 Å². The molecular weight excluding hydrogens is 394 g/mol. The van der Waals surface area contributed by atoms with E-state index in [4.69, 9.17) is 11.6 Å². The molecule has 1 N–H and O–H groups in total. The molecule has 0 aliphatic rings. The van der Waals surface area contributed by atoms with E-state index in [1.54, 1.807) is 35.1 Å². The maximum Gasteiger partial charge on any atom is 0.107 e. The lowest BCUT2D eigenvalue weighted by Crippen LogP contribution is -2.04. The standard InChI is InChI=1S/C22H18ClNOS2/c23-18-6-3-15(4-7-18)5-8-20-21(22(25)16-2-1-10-24-12-16)19(14-27-20)17-9-11-26-13-17/h1-4,6-7,9-14,22,25H,5,8H2. The van der Waals surface area contributed by atoms with E-state index < -0.39 is 6.10 Å². The van der Waals surface area contributed by atoms with Crippen LogP contribution < -0.4 is 0 Å². The molecule has 0 aliphatic heterocycles. The Morgan fingerprint density at radius 3 is 2.59 bits per heavy atom. The van der Waals surface area contributed by atoms with E-state index in [1.165, 1.54) is 10.4 Å². The summed E-state index contributed by atoms with van der Waals surface area (Å²) in [5.74, 6) is 0. The van der Waals surface area contributed by atoms with Gasteiger partial charge in [-0.2, -0.15) is 11.3 Å². The van der Waals surface area contributed by atoms with Crippen molar-refractivity contribution in [2.45, 2.75) is 18.9 Å². The second kappa shape index (κ2) is 8.36. The maximum absolute atomic E-state index is 11.1. The molecule has 1 aromatic carbocycles. The fourth-order valence-corrected chi connectivity index (χ4v) is 5.03. The van der Waals surface area contributed by atoms with Crippen molar-refractivity contribution in [3.63, 3.8) is 0 Å². The molecular formula is C22H18ClNOS2. The molecule has 5 heteroatoms. The van der Waals surface area contributed by atoms with E-state index >= 15 is 0 Å². The first-order chi connectivity index (χ1) is 13.2. The predicted molar refractivity (Wildman–Crippen MR) is 115 cm³/mol.